The van der Waals surface area contributed by atoms with E-state index in [2.05, 4.69) is 31.0 Å². The lowest BCUT2D eigenvalue weighted by atomic mass is 10.2. The van der Waals surface area contributed by atoms with Crippen LogP contribution in [0.1, 0.15) is 15.9 Å². The molecule has 23 heavy (non-hydrogen) atoms. The summed E-state index contributed by atoms with van der Waals surface area (Å²) in [7, 11) is 0. The van der Waals surface area contributed by atoms with Crippen LogP contribution in [0, 0.1) is 0 Å². The first-order chi connectivity index (χ1) is 10.8. The predicted octanol–water partition coefficient (Wildman–Crippen LogP) is 3.72. The van der Waals surface area contributed by atoms with Crippen molar-refractivity contribution in [1.29, 1.82) is 0 Å². The van der Waals surface area contributed by atoms with E-state index in [9.17, 15) is 18.0 Å². The Hall–Kier alpha value is -2.09. The van der Waals surface area contributed by atoms with Crippen LogP contribution in [0.3, 0.4) is 0 Å². The zero-order valence-corrected chi connectivity index (χ0v) is 13.3. The molecule has 0 aliphatic carbocycles. The van der Waals surface area contributed by atoms with Crippen LogP contribution in [-0.4, -0.2) is 23.7 Å². The van der Waals surface area contributed by atoms with Gasteiger partial charge in [0.15, 0.2) is 6.61 Å². The molecule has 0 atom stereocenters. The quantitative estimate of drug-likeness (QED) is 0.849. The van der Waals surface area contributed by atoms with E-state index in [0.29, 0.717) is 6.54 Å². The third-order valence-corrected chi connectivity index (χ3v) is 3.28. The van der Waals surface area contributed by atoms with Crippen molar-refractivity contribution in [2.75, 3.05) is 6.61 Å². The van der Waals surface area contributed by atoms with Crippen LogP contribution in [0.15, 0.2) is 47.1 Å². The maximum absolute atomic E-state index is 12.0. The van der Waals surface area contributed by atoms with E-state index in [4.69, 9.17) is 0 Å². The Morgan fingerprint density at radius 2 is 1.87 bits per heavy atom. The molecule has 4 nitrogen and oxygen atoms in total. The summed E-state index contributed by atoms with van der Waals surface area (Å²) in [5.41, 5.74) is 1.15. The summed E-state index contributed by atoms with van der Waals surface area (Å²) in [6.07, 6.45) is -3.26. The zero-order valence-electron chi connectivity index (χ0n) is 11.7. The number of pyridine rings is 1. The number of carbonyl (C=O) groups excluding carboxylic acids is 1. The number of aromatic nitrogens is 1. The van der Waals surface area contributed by atoms with Gasteiger partial charge in [0.2, 0.25) is 5.88 Å². The number of halogens is 4. The maximum Gasteiger partial charge on any atom is 0.422 e. The van der Waals surface area contributed by atoms with Gasteiger partial charge in [-0.05, 0) is 23.8 Å². The lowest BCUT2D eigenvalue weighted by molar-refractivity contribution is -0.154. The first-order valence-corrected chi connectivity index (χ1v) is 7.31. The predicted molar refractivity (Wildman–Crippen MR) is 81.1 cm³/mol. The number of nitrogens with one attached hydrogen (secondary N) is 1. The molecule has 0 bridgehead atoms. The SMILES string of the molecule is O=C(NCc1ccc(Br)cc1)c1ccc(OCC(F)(F)F)nc1. The summed E-state index contributed by atoms with van der Waals surface area (Å²) >= 11 is 3.32. The van der Waals surface area contributed by atoms with Gasteiger partial charge in [0.25, 0.3) is 5.91 Å². The summed E-state index contributed by atoms with van der Waals surface area (Å²) in [6, 6.07) is 10.0. The molecule has 8 heteroatoms. The molecule has 1 aromatic carbocycles. The van der Waals surface area contributed by atoms with Gasteiger partial charge < -0.3 is 10.1 Å². The van der Waals surface area contributed by atoms with Crippen molar-refractivity contribution in [3.63, 3.8) is 0 Å². The Kier molecular flexibility index (Phi) is 5.59. The minimum absolute atomic E-state index is 0.188. The number of benzene rings is 1. The summed E-state index contributed by atoms with van der Waals surface area (Å²) < 4.78 is 41.5. The molecule has 0 aliphatic rings. The van der Waals surface area contributed by atoms with Gasteiger partial charge in [0, 0.05) is 23.3 Å². The lowest BCUT2D eigenvalue weighted by Gasteiger charge is -2.09. The molecule has 1 aromatic heterocycles. The molecule has 0 saturated heterocycles. The third kappa shape index (κ3) is 5.90. The molecule has 2 aromatic rings. The number of ether oxygens (including phenoxy) is 1. The molecule has 1 heterocycles. The smallest absolute Gasteiger partial charge is 0.422 e. The van der Waals surface area contributed by atoms with Crippen molar-refractivity contribution in [3.05, 3.63) is 58.2 Å². The highest BCUT2D eigenvalue weighted by Gasteiger charge is 2.28. The van der Waals surface area contributed by atoms with Gasteiger partial charge in [-0.2, -0.15) is 13.2 Å². The number of rotatable bonds is 5. The Balaban J connectivity index is 1.88. The Morgan fingerprint density at radius 1 is 1.17 bits per heavy atom. The van der Waals surface area contributed by atoms with Gasteiger partial charge in [0.1, 0.15) is 0 Å². The Labute approximate surface area is 138 Å². The van der Waals surface area contributed by atoms with E-state index in [1.54, 1.807) is 0 Å². The molecule has 0 saturated carbocycles. The molecule has 1 N–H and O–H groups in total. The number of alkyl halides is 3. The minimum Gasteiger partial charge on any atom is -0.468 e. The molecule has 122 valence electrons. The molecule has 2 rings (SSSR count). The van der Waals surface area contributed by atoms with Crippen molar-refractivity contribution in [2.24, 2.45) is 0 Å². The average molecular weight is 389 g/mol. The van der Waals surface area contributed by atoms with E-state index in [1.807, 2.05) is 24.3 Å². The molecule has 0 spiro atoms. The number of amides is 1. The van der Waals surface area contributed by atoms with Gasteiger partial charge >= 0.3 is 6.18 Å². The van der Waals surface area contributed by atoms with Crippen molar-refractivity contribution >= 4 is 21.8 Å². The summed E-state index contributed by atoms with van der Waals surface area (Å²) in [5, 5.41) is 2.70. The van der Waals surface area contributed by atoms with Gasteiger partial charge in [-0.1, -0.05) is 28.1 Å². The second-order valence-corrected chi connectivity index (χ2v) is 5.51. The van der Waals surface area contributed by atoms with Crippen LogP contribution >= 0.6 is 15.9 Å². The first kappa shape index (κ1) is 17.3. The highest BCUT2D eigenvalue weighted by molar-refractivity contribution is 9.10. The van der Waals surface area contributed by atoms with Crippen LogP contribution in [0.2, 0.25) is 0 Å². The van der Waals surface area contributed by atoms with Gasteiger partial charge in [-0.25, -0.2) is 4.98 Å². The fraction of sp³-hybridized carbons (Fsp3) is 0.200. The Bertz CT molecular complexity index is 658. The highest BCUT2D eigenvalue weighted by Crippen LogP contribution is 2.17. The molecule has 0 aliphatic heterocycles. The number of hydrogen-bond donors (Lipinski definition) is 1. The minimum atomic E-state index is -4.43. The normalized spacial score (nSPS) is 11.1. The summed E-state index contributed by atoms with van der Waals surface area (Å²) in [4.78, 5) is 15.6. The molecule has 1 amide bonds. The van der Waals surface area contributed by atoms with E-state index >= 15 is 0 Å². The van der Waals surface area contributed by atoms with E-state index in [0.717, 1.165) is 10.0 Å². The number of carbonyl (C=O) groups is 1. The fourth-order valence-electron chi connectivity index (χ4n) is 1.64. The van der Waals surface area contributed by atoms with Crippen LogP contribution < -0.4 is 10.1 Å². The van der Waals surface area contributed by atoms with E-state index < -0.39 is 12.8 Å². The van der Waals surface area contributed by atoms with Gasteiger partial charge in [-0.15, -0.1) is 0 Å². The van der Waals surface area contributed by atoms with Crippen molar-refractivity contribution in [1.82, 2.24) is 10.3 Å². The summed E-state index contributed by atoms with van der Waals surface area (Å²) in [6.45, 7) is -1.09. The van der Waals surface area contributed by atoms with E-state index in [-0.39, 0.29) is 17.4 Å². The molecule has 0 radical (unpaired) electrons. The monoisotopic (exact) mass is 388 g/mol. The maximum atomic E-state index is 12.0. The van der Waals surface area contributed by atoms with Gasteiger partial charge in [0.05, 0.1) is 5.56 Å². The molecular weight excluding hydrogens is 377 g/mol. The van der Waals surface area contributed by atoms with Crippen LogP contribution in [0.5, 0.6) is 5.88 Å². The zero-order chi connectivity index (χ0) is 16.9. The van der Waals surface area contributed by atoms with Crippen molar-refractivity contribution in [2.45, 2.75) is 12.7 Å². The largest absolute Gasteiger partial charge is 0.468 e. The number of hydrogen-bond acceptors (Lipinski definition) is 3. The second-order valence-electron chi connectivity index (χ2n) is 4.60. The second kappa shape index (κ2) is 7.45. The Morgan fingerprint density at radius 3 is 2.43 bits per heavy atom. The third-order valence-electron chi connectivity index (χ3n) is 2.75. The molecular formula is C15H12BrF3N2O2. The average Bonchev–Trinajstić information content (AvgIpc) is 2.52. The van der Waals surface area contributed by atoms with Crippen LogP contribution in [-0.2, 0) is 6.54 Å². The molecule has 0 unspecified atom stereocenters. The fourth-order valence-corrected chi connectivity index (χ4v) is 1.91. The summed E-state index contributed by atoms with van der Waals surface area (Å²) in [5.74, 6) is -0.561. The highest BCUT2D eigenvalue weighted by atomic mass is 79.9. The van der Waals surface area contributed by atoms with Gasteiger partial charge in [-0.3, -0.25) is 4.79 Å². The standard InChI is InChI=1S/C15H12BrF3N2O2/c16-12-4-1-10(2-5-12)7-21-14(22)11-3-6-13(20-8-11)23-9-15(17,18)19/h1-6,8H,7,9H2,(H,21,22). The first-order valence-electron chi connectivity index (χ1n) is 6.52. The number of nitrogens with zero attached hydrogens (tertiary/aromatic N) is 1. The van der Waals surface area contributed by atoms with Crippen molar-refractivity contribution in [3.8, 4) is 5.88 Å². The van der Waals surface area contributed by atoms with Crippen molar-refractivity contribution < 1.29 is 22.7 Å². The van der Waals surface area contributed by atoms with Crippen LogP contribution in [0.4, 0.5) is 13.2 Å². The lowest BCUT2D eigenvalue weighted by Crippen LogP contribution is -2.23. The van der Waals surface area contributed by atoms with E-state index in [1.165, 1.54) is 18.3 Å². The molecule has 0 fully saturated rings. The van der Waals surface area contributed by atoms with Crippen LogP contribution in [0.25, 0.3) is 0 Å². The topological polar surface area (TPSA) is 51.2 Å².